The first-order valence-electron chi connectivity index (χ1n) is 6.29. The Kier molecular flexibility index (Phi) is 4.18. The second-order valence-corrected chi connectivity index (χ2v) is 5.70. The number of hydrogen-bond acceptors (Lipinski definition) is 3. The zero-order chi connectivity index (χ0) is 12.3. The predicted molar refractivity (Wildman–Crippen MR) is 71.7 cm³/mol. The van der Waals surface area contributed by atoms with Crippen LogP contribution in [0, 0.1) is 0 Å². The number of carbonyl (C=O) groups is 1. The molecule has 3 nitrogen and oxygen atoms in total. The van der Waals surface area contributed by atoms with Crippen molar-refractivity contribution in [3.05, 3.63) is 21.9 Å². The summed E-state index contributed by atoms with van der Waals surface area (Å²) in [6.07, 6.45) is 3.28. The van der Waals surface area contributed by atoms with Crippen molar-refractivity contribution in [2.45, 2.75) is 32.2 Å². The molecule has 1 fully saturated rings. The molecule has 1 N–H and O–H groups in total. The quantitative estimate of drug-likeness (QED) is 0.894. The van der Waals surface area contributed by atoms with E-state index < -0.39 is 0 Å². The van der Waals surface area contributed by atoms with Gasteiger partial charge in [-0.3, -0.25) is 4.79 Å². The maximum atomic E-state index is 12.3. The van der Waals surface area contributed by atoms with Gasteiger partial charge in [-0.1, -0.05) is 6.92 Å². The van der Waals surface area contributed by atoms with Crippen LogP contribution in [0.4, 0.5) is 0 Å². The molecule has 0 spiro atoms. The topological polar surface area (TPSA) is 32.3 Å². The summed E-state index contributed by atoms with van der Waals surface area (Å²) in [5, 5.41) is 3.35. The maximum absolute atomic E-state index is 12.3. The predicted octanol–water partition coefficient (Wildman–Crippen LogP) is 2.13. The Balaban J connectivity index is 2.02. The van der Waals surface area contributed by atoms with Crippen molar-refractivity contribution in [2.24, 2.45) is 0 Å². The standard InChI is InChI=1S/C13H20N2OS/c1-3-11-6-7-12(17-11)13(16)15(2)10-5-4-8-14-9-10/h6-7,10,14H,3-5,8-9H2,1-2H3. The number of hydrogen-bond donors (Lipinski definition) is 1. The van der Waals surface area contributed by atoms with E-state index in [4.69, 9.17) is 0 Å². The lowest BCUT2D eigenvalue weighted by atomic mass is 10.1. The van der Waals surface area contributed by atoms with Crippen LogP contribution in [0.3, 0.4) is 0 Å². The minimum absolute atomic E-state index is 0.170. The van der Waals surface area contributed by atoms with Gasteiger partial charge in [-0.25, -0.2) is 0 Å². The van der Waals surface area contributed by atoms with Gasteiger partial charge in [0.1, 0.15) is 0 Å². The Bertz CT molecular complexity index is 383. The van der Waals surface area contributed by atoms with E-state index in [1.807, 2.05) is 18.0 Å². The summed E-state index contributed by atoms with van der Waals surface area (Å²) in [4.78, 5) is 16.3. The minimum atomic E-state index is 0.170. The van der Waals surface area contributed by atoms with Gasteiger partial charge in [0.15, 0.2) is 0 Å². The van der Waals surface area contributed by atoms with E-state index in [-0.39, 0.29) is 5.91 Å². The number of likely N-dealkylation sites (N-methyl/N-ethyl adjacent to an activating group) is 1. The first kappa shape index (κ1) is 12.6. The highest BCUT2D eigenvalue weighted by Crippen LogP contribution is 2.20. The fourth-order valence-corrected chi connectivity index (χ4v) is 3.12. The minimum Gasteiger partial charge on any atom is -0.337 e. The Morgan fingerprint density at radius 3 is 3.00 bits per heavy atom. The van der Waals surface area contributed by atoms with E-state index in [9.17, 15) is 4.79 Å². The summed E-state index contributed by atoms with van der Waals surface area (Å²) in [6.45, 7) is 4.13. The van der Waals surface area contributed by atoms with E-state index in [1.165, 1.54) is 4.88 Å². The molecular formula is C13H20N2OS. The van der Waals surface area contributed by atoms with E-state index in [2.05, 4.69) is 18.3 Å². The van der Waals surface area contributed by atoms with Crippen molar-refractivity contribution in [3.63, 3.8) is 0 Å². The molecule has 0 saturated carbocycles. The Labute approximate surface area is 107 Å². The van der Waals surface area contributed by atoms with Gasteiger partial charge in [-0.05, 0) is 37.9 Å². The zero-order valence-corrected chi connectivity index (χ0v) is 11.3. The van der Waals surface area contributed by atoms with Gasteiger partial charge in [0.2, 0.25) is 0 Å². The van der Waals surface area contributed by atoms with Crippen molar-refractivity contribution in [1.29, 1.82) is 0 Å². The van der Waals surface area contributed by atoms with Gasteiger partial charge < -0.3 is 10.2 Å². The molecule has 0 radical (unpaired) electrons. The summed E-state index contributed by atoms with van der Waals surface area (Å²) in [5.74, 6) is 0.170. The van der Waals surface area contributed by atoms with Crippen LogP contribution in [0.15, 0.2) is 12.1 Å². The van der Waals surface area contributed by atoms with E-state index in [0.717, 1.165) is 37.2 Å². The van der Waals surface area contributed by atoms with Crippen LogP contribution in [0.1, 0.15) is 34.3 Å². The number of rotatable bonds is 3. The van der Waals surface area contributed by atoms with E-state index in [0.29, 0.717) is 6.04 Å². The highest BCUT2D eigenvalue weighted by Gasteiger charge is 2.23. The van der Waals surface area contributed by atoms with E-state index in [1.54, 1.807) is 11.3 Å². The molecule has 1 saturated heterocycles. The second kappa shape index (κ2) is 5.65. The number of amides is 1. The Hall–Kier alpha value is -0.870. The number of nitrogens with one attached hydrogen (secondary N) is 1. The van der Waals surface area contributed by atoms with Crippen molar-refractivity contribution in [2.75, 3.05) is 20.1 Å². The third kappa shape index (κ3) is 2.87. The molecule has 1 aromatic heterocycles. The molecule has 1 amide bonds. The van der Waals surface area contributed by atoms with Crippen LogP contribution in [-0.2, 0) is 6.42 Å². The average Bonchev–Trinajstić information content (AvgIpc) is 2.87. The van der Waals surface area contributed by atoms with Gasteiger partial charge in [-0.2, -0.15) is 0 Å². The second-order valence-electron chi connectivity index (χ2n) is 4.54. The van der Waals surface area contributed by atoms with Crippen LogP contribution in [-0.4, -0.2) is 37.0 Å². The Morgan fingerprint density at radius 2 is 2.41 bits per heavy atom. The summed E-state index contributed by atoms with van der Waals surface area (Å²) >= 11 is 1.62. The van der Waals surface area contributed by atoms with Crippen molar-refractivity contribution >= 4 is 17.2 Å². The highest BCUT2D eigenvalue weighted by atomic mass is 32.1. The molecule has 1 aromatic rings. The zero-order valence-electron chi connectivity index (χ0n) is 10.5. The molecule has 17 heavy (non-hydrogen) atoms. The first-order chi connectivity index (χ1) is 8.22. The molecule has 2 heterocycles. The summed E-state index contributed by atoms with van der Waals surface area (Å²) in [6, 6.07) is 4.37. The highest BCUT2D eigenvalue weighted by molar-refractivity contribution is 7.14. The van der Waals surface area contributed by atoms with Crippen molar-refractivity contribution < 1.29 is 4.79 Å². The molecule has 2 rings (SSSR count). The summed E-state index contributed by atoms with van der Waals surface area (Å²) in [7, 11) is 1.92. The molecule has 1 aliphatic rings. The number of carbonyl (C=O) groups excluding carboxylic acids is 1. The lowest BCUT2D eigenvalue weighted by molar-refractivity contribution is 0.0713. The molecule has 0 bridgehead atoms. The smallest absolute Gasteiger partial charge is 0.263 e. The molecule has 1 aliphatic heterocycles. The molecule has 0 aromatic carbocycles. The molecule has 1 atom stereocenters. The number of nitrogens with zero attached hydrogens (tertiary/aromatic N) is 1. The number of piperidine rings is 1. The number of thiophene rings is 1. The summed E-state index contributed by atoms with van der Waals surface area (Å²) in [5.41, 5.74) is 0. The normalized spacial score (nSPS) is 20.2. The lowest BCUT2D eigenvalue weighted by Crippen LogP contribution is -2.46. The van der Waals surface area contributed by atoms with Crippen LogP contribution in [0.2, 0.25) is 0 Å². The Morgan fingerprint density at radius 1 is 1.59 bits per heavy atom. The van der Waals surface area contributed by atoms with Gasteiger partial charge in [0.05, 0.1) is 4.88 Å². The van der Waals surface area contributed by atoms with Gasteiger partial charge in [0, 0.05) is 24.5 Å². The summed E-state index contributed by atoms with van der Waals surface area (Å²) < 4.78 is 0. The van der Waals surface area contributed by atoms with Crippen LogP contribution < -0.4 is 5.32 Å². The fraction of sp³-hybridized carbons (Fsp3) is 0.615. The molecule has 0 aliphatic carbocycles. The van der Waals surface area contributed by atoms with Gasteiger partial charge in [0.25, 0.3) is 5.91 Å². The first-order valence-corrected chi connectivity index (χ1v) is 7.10. The molecular weight excluding hydrogens is 232 g/mol. The van der Waals surface area contributed by atoms with E-state index >= 15 is 0 Å². The van der Waals surface area contributed by atoms with Gasteiger partial charge >= 0.3 is 0 Å². The number of aryl methyl sites for hydroxylation is 1. The largest absolute Gasteiger partial charge is 0.337 e. The van der Waals surface area contributed by atoms with Crippen LogP contribution in [0.25, 0.3) is 0 Å². The van der Waals surface area contributed by atoms with Crippen molar-refractivity contribution in [1.82, 2.24) is 10.2 Å². The third-order valence-corrected chi connectivity index (χ3v) is 4.58. The monoisotopic (exact) mass is 252 g/mol. The van der Waals surface area contributed by atoms with Crippen LogP contribution >= 0.6 is 11.3 Å². The molecule has 1 unspecified atom stereocenters. The average molecular weight is 252 g/mol. The SMILES string of the molecule is CCc1ccc(C(=O)N(C)C2CCCNC2)s1. The lowest BCUT2D eigenvalue weighted by Gasteiger charge is -2.31. The van der Waals surface area contributed by atoms with Crippen molar-refractivity contribution in [3.8, 4) is 0 Å². The third-order valence-electron chi connectivity index (χ3n) is 3.36. The molecule has 94 valence electrons. The molecule has 4 heteroatoms. The van der Waals surface area contributed by atoms with Gasteiger partial charge in [-0.15, -0.1) is 11.3 Å². The fourth-order valence-electron chi connectivity index (χ4n) is 2.19. The maximum Gasteiger partial charge on any atom is 0.263 e. The van der Waals surface area contributed by atoms with Crippen LogP contribution in [0.5, 0.6) is 0 Å².